The van der Waals surface area contributed by atoms with Crippen LogP contribution in [0.1, 0.15) is 18.1 Å². The standard InChI is InChI=1S/C16H17ClN2O/c1-5-11-9-12(16(20)19(4)15(11)18-3)14-10(2)7-6-8-13(14)17/h5-9H,1-4H3/b11-5-,18-15?. The molecule has 20 heavy (non-hydrogen) atoms. The summed E-state index contributed by atoms with van der Waals surface area (Å²) < 4.78 is 0. The lowest BCUT2D eigenvalue weighted by Crippen LogP contribution is -2.38. The van der Waals surface area contributed by atoms with E-state index in [0.717, 1.165) is 16.7 Å². The minimum absolute atomic E-state index is 0.0904. The van der Waals surface area contributed by atoms with Gasteiger partial charge in [0.2, 0.25) is 0 Å². The summed E-state index contributed by atoms with van der Waals surface area (Å²) in [6.07, 6.45) is 3.80. The molecule has 0 fully saturated rings. The lowest BCUT2D eigenvalue weighted by Gasteiger charge is -2.27. The lowest BCUT2D eigenvalue weighted by molar-refractivity contribution is -0.120. The van der Waals surface area contributed by atoms with Crippen LogP contribution in [0.25, 0.3) is 5.57 Å². The summed E-state index contributed by atoms with van der Waals surface area (Å²) in [4.78, 5) is 18.3. The first-order chi connectivity index (χ1) is 9.51. The number of amides is 1. The molecule has 1 aromatic carbocycles. The Kier molecular flexibility index (Phi) is 4.09. The van der Waals surface area contributed by atoms with Crippen molar-refractivity contribution >= 4 is 28.9 Å². The van der Waals surface area contributed by atoms with Crippen LogP contribution in [0, 0.1) is 6.92 Å². The molecule has 0 saturated heterocycles. The molecular formula is C16H17ClN2O. The van der Waals surface area contributed by atoms with Gasteiger partial charge in [-0.1, -0.05) is 29.8 Å². The van der Waals surface area contributed by atoms with Gasteiger partial charge in [0.25, 0.3) is 5.91 Å². The molecule has 1 aliphatic rings. The number of aliphatic imine (C=N–C) groups is 1. The van der Waals surface area contributed by atoms with E-state index in [-0.39, 0.29) is 5.91 Å². The van der Waals surface area contributed by atoms with E-state index in [1.807, 2.05) is 38.1 Å². The van der Waals surface area contributed by atoms with Gasteiger partial charge in [0.05, 0.1) is 0 Å². The minimum atomic E-state index is -0.0904. The van der Waals surface area contributed by atoms with Gasteiger partial charge in [-0.2, -0.15) is 0 Å². The maximum absolute atomic E-state index is 12.6. The third kappa shape index (κ3) is 2.29. The first kappa shape index (κ1) is 14.5. The molecule has 0 saturated carbocycles. The molecule has 0 bridgehead atoms. The number of hydrogen-bond donors (Lipinski definition) is 0. The lowest BCUT2D eigenvalue weighted by atomic mass is 9.94. The van der Waals surface area contributed by atoms with Crippen molar-refractivity contribution in [1.29, 1.82) is 0 Å². The van der Waals surface area contributed by atoms with Crippen LogP contribution in [-0.2, 0) is 4.79 Å². The Morgan fingerprint density at radius 2 is 2.05 bits per heavy atom. The van der Waals surface area contributed by atoms with Crippen LogP contribution in [0.3, 0.4) is 0 Å². The third-order valence-corrected chi connectivity index (χ3v) is 3.74. The molecule has 0 aliphatic carbocycles. The number of amidine groups is 1. The summed E-state index contributed by atoms with van der Waals surface area (Å²) in [5.74, 6) is 0.582. The van der Waals surface area contributed by atoms with Crippen LogP contribution in [0.2, 0.25) is 5.02 Å². The first-order valence-electron chi connectivity index (χ1n) is 6.40. The van der Waals surface area contributed by atoms with Gasteiger partial charge in [0.15, 0.2) is 0 Å². The average molecular weight is 289 g/mol. The fourth-order valence-corrected chi connectivity index (χ4v) is 2.72. The number of allylic oxidation sites excluding steroid dienone is 1. The van der Waals surface area contributed by atoms with Gasteiger partial charge in [-0.05, 0) is 31.6 Å². The van der Waals surface area contributed by atoms with Gasteiger partial charge < -0.3 is 0 Å². The molecular weight excluding hydrogens is 272 g/mol. The predicted octanol–water partition coefficient (Wildman–Crippen LogP) is 3.48. The smallest absolute Gasteiger partial charge is 0.259 e. The van der Waals surface area contributed by atoms with Gasteiger partial charge in [0.1, 0.15) is 5.84 Å². The Hall–Kier alpha value is -1.87. The van der Waals surface area contributed by atoms with E-state index >= 15 is 0 Å². The summed E-state index contributed by atoms with van der Waals surface area (Å²) in [6, 6.07) is 5.64. The van der Waals surface area contributed by atoms with Crippen molar-refractivity contribution in [3.8, 4) is 0 Å². The van der Waals surface area contributed by atoms with Gasteiger partial charge >= 0.3 is 0 Å². The summed E-state index contributed by atoms with van der Waals surface area (Å²) >= 11 is 6.28. The summed E-state index contributed by atoms with van der Waals surface area (Å²) in [5, 5.41) is 0.588. The third-order valence-electron chi connectivity index (χ3n) is 3.42. The van der Waals surface area contributed by atoms with Crippen LogP contribution in [0.15, 0.2) is 40.9 Å². The van der Waals surface area contributed by atoms with Crippen LogP contribution in [0.4, 0.5) is 0 Å². The molecule has 0 aromatic heterocycles. The summed E-state index contributed by atoms with van der Waals surface area (Å²) in [6.45, 7) is 3.88. The second-order valence-corrected chi connectivity index (χ2v) is 5.05. The zero-order valence-electron chi connectivity index (χ0n) is 12.1. The molecule has 0 spiro atoms. The van der Waals surface area contributed by atoms with Crippen LogP contribution in [0.5, 0.6) is 0 Å². The van der Waals surface area contributed by atoms with Gasteiger partial charge in [0, 0.05) is 35.8 Å². The van der Waals surface area contributed by atoms with Crippen molar-refractivity contribution in [2.24, 2.45) is 4.99 Å². The molecule has 3 nitrogen and oxygen atoms in total. The number of carbonyl (C=O) groups is 1. The number of rotatable bonds is 1. The molecule has 1 heterocycles. The predicted molar refractivity (Wildman–Crippen MR) is 84.1 cm³/mol. The number of nitrogens with zero attached hydrogens (tertiary/aromatic N) is 2. The van der Waals surface area contributed by atoms with Crippen molar-refractivity contribution in [2.75, 3.05) is 14.1 Å². The Labute approximate surface area is 124 Å². The van der Waals surface area contributed by atoms with Gasteiger partial charge in [-0.15, -0.1) is 0 Å². The fourth-order valence-electron chi connectivity index (χ4n) is 2.40. The normalized spacial score (nSPS) is 19.8. The van der Waals surface area contributed by atoms with Gasteiger partial charge in [-0.25, -0.2) is 0 Å². The zero-order valence-corrected chi connectivity index (χ0v) is 12.8. The number of likely N-dealkylation sites (N-methyl/N-ethyl adjacent to an activating group) is 1. The topological polar surface area (TPSA) is 32.7 Å². The number of benzene rings is 1. The second-order valence-electron chi connectivity index (χ2n) is 4.65. The number of hydrogen-bond acceptors (Lipinski definition) is 2. The zero-order chi connectivity index (χ0) is 14.9. The number of aryl methyl sites for hydroxylation is 1. The molecule has 4 heteroatoms. The number of halogens is 1. The Bertz CT molecular complexity index is 636. The van der Waals surface area contributed by atoms with E-state index in [2.05, 4.69) is 4.99 Å². The molecule has 1 amide bonds. The molecule has 1 aliphatic heterocycles. The highest BCUT2D eigenvalue weighted by molar-refractivity contribution is 6.37. The van der Waals surface area contributed by atoms with E-state index in [4.69, 9.17) is 11.6 Å². The van der Waals surface area contributed by atoms with Crippen molar-refractivity contribution < 1.29 is 4.79 Å². The monoisotopic (exact) mass is 288 g/mol. The first-order valence-corrected chi connectivity index (χ1v) is 6.77. The molecule has 2 rings (SSSR count). The van der Waals surface area contributed by atoms with E-state index < -0.39 is 0 Å². The second kappa shape index (κ2) is 5.63. The quantitative estimate of drug-likeness (QED) is 0.779. The van der Waals surface area contributed by atoms with Crippen molar-refractivity contribution in [1.82, 2.24) is 4.90 Å². The maximum atomic E-state index is 12.6. The van der Waals surface area contributed by atoms with Crippen LogP contribution in [-0.4, -0.2) is 30.7 Å². The summed E-state index contributed by atoms with van der Waals surface area (Å²) in [5.41, 5.74) is 3.30. The molecule has 0 unspecified atom stereocenters. The molecule has 104 valence electrons. The van der Waals surface area contributed by atoms with Crippen molar-refractivity contribution in [3.63, 3.8) is 0 Å². The van der Waals surface area contributed by atoms with Crippen LogP contribution < -0.4 is 0 Å². The number of carbonyl (C=O) groups excluding carboxylic acids is 1. The highest BCUT2D eigenvalue weighted by Crippen LogP contribution is 2.32. The average Bonchev–Trinajstić information content (AvgIpc) is 2.42. The SMILES string of the molecule is C/C=C1/C=C(c2c(C)cccc2Cl)C(=O)N(C)C1=NC. The molecule has 0 radical (unpaired) electrons. The fraction of sp³-hybridized carbons (Fsp3) is 0.250. The van der Waals surface area contributed by atoms with E-state index in [0.29, 0.717) is 16.4 Å². The highest BCUT2D eigenvalue weighted by Gasteiger charge is 2.29. The molecule has 0 N–H and O–H groups in total. The van der Waals surface area contributed by atoms with E-state index in [1.165, 1.54) is 0 Å². The van der Waals surface area contributed by atoms with E-state index in [9.17, 15) is 4.79 Å². The van der Waals surface area contributed by atoms with Crippen molar-refractivity contribution in [3.05, 3.63) is 52.1 Å². The summed E-state index contributed by atoms with van der Waals surface area (Å²) in [7, 11) is 3.41. The largest absolute Gasteiger partial charge is 0.296 e. The minimum Gasteiger partial charge on any atom is -0.296 e. The Morgan fingerprint density at radius 1 is 1.35 bits per heavy atom. The molecule has 1 aromatic rings. The van der Waals surface area contributed by atoms with Gasteiger partial charge in [-0.3, -0.25) is 14.7 Å². The van der Waals surface area contributed by atoms with E-state index in [1.54, 1.807) is 25.1 Å². The van der Waals surface area contributed by atoms with Crippen LogP contribution >= 0.6 is 11.6 Å². The maximum Gasteiger partial charge on any atom is 0.259 e. The molecule has 0 atom stereocenters. The Balaban J connectivity index is 2.68. The van der Waals surface area contributed by atoms with Crippen molar-refractivity contribution in [2.45, 2.75) is 13.8 Å². The Morgan fingerprint density at radius 3 is 2.60 bits per heavy atom. The highest BCUT2D eigenvalue weighted by atomic mass is 35.5.